The Morgan fingerprint density at radius 3 is 2.52 bits per heavy atom. The van der Waals surface area contributed by atoms with Gasteiger partial charge < -0.3 is 5.11 Å². The number of aromatic hydroxyl groups is 1. The first kappa shape index (κ1) is 16.3. The highest BCUT2D eigenvalue weighted by Crippen LogP contribution is 2.31. The van der Waals surface area contributed by atoms with Crippen molar-refractivity contribution < 1.29 is 9.90 Å². The standard InChI is InChI=1S/C17H24ClNO2/c1-11-4-6-15(7-5-11)19(3)10-13-8-14(18)9-16(12(2)20)17(13)21/h8-9,11,15,21H,4-7,10H2,1-3H3. The van der Waals surface area contributed by atoms with Crippen LogP contribution in [0.15, 0.2) is 12.1 Å². The van der Waals surface area contributed by atoms with E-state index in [1.54, 1.807) is 6.07 Å². The van der Waals surface area contributed by atoms with E-state index in [0.29, 0.717) is 23.2 Å². The molecule has 0 saturated heterocycles. The lowest BCUT2D eigenvalue weighted by Crippen LogP contribution is -2.34. The molecule has 3 nitrogen and oxygen atoms in total. The van der Waals surface area contributed by atoms with Crippen molar-refractivity contribution in [3.05, 3.63) is 28.3 Å². The zero-order chi connectivity index (χ0) is 15.6. The highest BCUT2D eigenvalue weighted by atomic mass is 35.5. The number of phenols is 1. The van der Waals surface area contributed by atoms with Gasteiger partial charge in [0.15, 0.2) is 5.78 Å². The van der Waals surface area contributed by atoms with Gasteiger partial charge in [-0.15, -0.1) is 0 Å². The maximum Gasteiger partial charge on any atom is 0.163 e. The summed E-state index contributed by atoms with van der Waals surface area (Å²) in [5.41, 5.74) is 1.04. The molecule has 0 heterocycles. The van der Waals surface area contributed by atoms with E-state index in [-0.39, 0.29) is 11.5 Å². The van der Waals surface area contributed by atoms with Crippen molar-refractivity contribution >= 4 is 17.4 Å². The third kappa shape index (κ3) is 3.98. The van der Waals surface area contributed by atoms with Crippen LogP contribution < -0.4 is 0 Å². The average molecular weight is 310 g/mol. The molecule has 0 aliphatic heterocycles. The van der Waals surface area contributed by atoms with Gasteiger partial charge in [-0.1, -0.05) is 18.5 Å². The van der Waals surface area contributed by atoms with E-state index in [1.165, 1.54) is 38.7 Å². The normalized spacial score (nSPS) is 22.5. The maximum absolute atomic E-state index is 11.6. The number of rotatable bonds is 4. The zero-order valence-electron chi connectivity index (χ0n) is 13.0. The van der Waals surface area contributed by atoms with Crippen molar-refractivity contribution in [1.29, 1.82) is 0 Å². The van der Waals surface area contributed by atoms with Gasteiger partial charge in [-0.05, 0) is 57.7 Å². The maximum atomic E-state index is 11.6. The summed E-state index contributed by atoms with van der Waals surface area (Å²) in [5, 5.41) is 10.8. The third-order valence-electron chi connectivity index (χ3n) is 4.56. The van der Waals surface area contributed by atoms with E-state index >= 15 is 0 Å². The molecule has 1 N–H and O–H groups in total. The van der Waals surface area contributed by atoms with Gasteiger partial charge in [0.05, 0.1) is 5.56 Å². The SMILES string of the molecule is CC(=O)c1cc(Cl)cc(CN(C)C2CCC(C)CC2)c1O. The first-order chi connectivity index (χ1) is 9.88. The van der Waals surface area contributed by atoms with E-state index in [0.717, 1.165) is 11.5 Å². The minimum absolute atomic E-state index is 0.0722. The Hall–Kier alpha value is -1.06. The number of ketones is 1. The monoisotopic (exact) mass is 309 g/mol. The van der Waals surface area contributed by atoms with Crippen LogP contribution in [0.4, 0.5) is 0 Å². The highest BCUT2D eigenvalue weighted by Gasteiger charge is 2.23. The molecule has 0 aromatic heterocycles. The Morgan fingerprint density at radius 2 is 1.95 bits per heavy atom. The van der Waals surface area contributed by atoms with E-state index in [4.69, 9.17) is 11.6 Å². The van der Waals surface area contributed by atoms with Gasteiger partial charge >= 0.3 is 0 Å². The molecule has 0 unspecified atom stereocenters. The summed E-state index contributed by atoms with van der Waals surface area (Å²) in [6, 6.07) is 3.83. The van der Waals surface area contributed by atoms with E-state index in [2.05, 4.69) is 18.9 Å². The Morgan fingerprint density at radius 1 is 1.33 bits per heavy atom. The predicted molar refractivity (Wildman–Crippen MR) is 86.0 cm³/mol. The summed E-state index contributed by atoms with van der Waals surface area (Å²) in [6.45, 7) is 4.37. The lowest BCUT2D eigenvalue weighted by molar-refractivity contribution is 0.101. The number of nitrogens with zero attached hydrogens (tertiary/aromatic N) is 1. The smallest absolute Gasteiger partial charge is 0.163 e. The van der Waals surface area contributed by atoms with Gasteiger partial charge in [-0.2, -0.15) is 0 Å². The molecule has 0 atom stereocenters. The molecule has 1 aromatic carbocycles. The lowest BCUT2D eigenvalue weighted by Gasteiger charge is -2.33. The van der Waals surface area contributed by atoms with Crippen LogP contribution in [0, 0.1) is 5.92 Å². The lowest BCUT2D eigenvalue weighted by atomic mass is 9.86. The second-order valence-electron chi connectivity index (χ2n) is 6.35. The van der Waals surface area contributed by atoms with Crippen LogP contribution in [0.2, 0.25) is 5.02 Å². The highest BCUT2D eigenvalue weighted by molar-refractivity contribution is 6.31. The Balaban J connectivity index is 2.13. The molecule has 1 fully saturated rings. The first-order valence-electron chi connectivity index (χ1n) is 7.61. The van der Waals surface area contributed by atoms with Crippen LogP contribution in [0.1, 0.15) is 55.5 Å². The molecule has 116 valence electrons. The molecule has 1 aromatic rings. The zero-order valence-corrected chi connectivity index (χ0v) is 13.8. The van der Waals surface area contributed by atoms with E-state index < -0.39 is 0 Å². The van der Waals surface area contributed by atoms with E-state index in [9.17, 15) is 9.90 Å². The fourth-order valence-corrected chi connectivity index (χ4v) is 3.37. The number of benzene rings is 1. The Bertz CT molecular complexity index is 522. The number of carbonyl (C=O) groups is 1. The van der Waals surface area contributed by atoms with Gasteiger partial charge in [0.1, 0.15) is 5.75 Å². The number of hydrogen-bond donors (Lipinski definition) is 1. The summed E-state index contributed by atoms with van der Waals surface area (Å²) >= 11 is 6.07. The summed E-state index contributed by atoms with van der Waals surface area (Å²) in [4.78, 5) is 13.8. The fourth-order valence-electron chi connectivity index (χ4n) is 3.13. The number of halogens is 1. The molecule has 21 heavy (non-hydrogen) atoms. The van der Waals surface area contributed by atoms with Crippen LogP contribution in [0.5, 0.6) is 5.75 Å². The van der Waals surface area contributed by atoms with Crippen LogP contribution in [0.25, 0.3) is 0 Å². The summed E-state index contributed by atoms with van der Waals surface area (Å²) in [6.07, 6.45) is 4.90. The molecule has 0 radical (unpaired) electrons. The minimum Gasteiger partial charge on any atom is -0.507 e. The molecular formula is C17H24ClNO2. The minimum atomic E-state index is -0.162. The summed E-state index contributed by atoms with van der Waals surface area (Å²) in [5.74, 6) is 0.729. The van der Waals surface area contributed by atoms with Crippen molar-refractivity contribution in [3.63, 3.8) is 0 Å². The molecule has 1 aliphatic rings. The van der Waals surface area contributed by atoms with Crippen LogP contribution in [-0.4, -0.2) is 28.9 Å². The predicted octanol–water partition coefficient (Wildman–Crippen LogP) is 4.26. The second-order valence-corrected chi connectivity index (χ2v) is 6.78. The van der Waals surface area contributed by atoms with Crippen molar-refractivity contribution in [1.82, 2.24) is 4.90 Å². The quantitative estimate of drug-likeness (QED) is 0.845. The van der Waals surface area contributed by atoms with Gasteiger partial charge in [-0.25, -0.2) is 0 Å². The van der Waals surface area contributed by atoms with Gasteiger partial charge in [0.2, 0.25) is 0 Å². The molecule has 0 bridgehead atoms. The first-order valence-corrected chi connectivity index (χ1v) is 7.98. The molecule has 0 amide bonds. The van der Waals surface area contributed by atoms with Gasteiger partial charge in [-0.3, -0.25) is 9.69 Å². The molecule has 2 rings (SSSR count). The summed E-state index contributed by atoms with van der Waals surface area (Å²) < 4.78 is 0. The summed E-state index contributed by atoms with van der Waals surface area (Å²) in [7, 11) is 2.08. The number of phenolic OH excluding ortho intramolecular Hbond substituents is 1. The van der Waals surface area contributed by atoms with Crippen molar-refractivity contribution in [3.8, 4) is 5.75 Å². The molecule has 0 spiro atoms. The molecular weight excluding hydrogens is 286 g/mol. The number of hydrogen-bond acceptors (Lipinski definition) is 3. The molecule has 1 saturated carbocycles. The number of Topliss-reactive ketones (excluding diaryl/α,β-unsaturated/α-hetero) is 1. The van der Waals surface area contributed by atoms with Crippen molar-refractivity contribution in [2.24, 2.45) is 5.92 Å². The second kappa shape index (κ2) is 6.80. The average Bonchev–Trinajstić information content (AvgIpc) is 2.42. The van der Waals surface area contributed by atoms with Crippen molar-refractivity contribution in [2.45, 2.75) is 52.1 Å². The molecule has 4 heteroatoms. The largest absolute Gasteiger partial charge is 0.507 e. The van der Waals surface area contributed by atoms with Gasteiger partial charge in [0, 0.05) is 23.2 Å². The van der Waals surface area contributed by atoms with Crippen LogP contribution in [-0.2, 0) is 6.54 Å². The van der Waals surface area contributed by atoms with Crippen molar-refractivity contribution in [2.75, 3.05) is 7.05 Å². The van der Waals surface area contributed by atoms with Crippen LogP contribution in [0.3, 0.4) is 0 Å². The topological polar surface area (TPSA) is 40.5 Å². The van der Waals surface area contributed by atoms with E-state index in [1.807, 2.05) is 0 Å². The third-order valence-corrected chi connectivity index (χ3v) is 4.78. The molecule has 1 aliphatic carbocycles. The Labute approximate surface area is 131 Å². The number of carbonyl (C=O) groups excluding carboxylic acids is 1. The Kier molecular flexibility index (Phi) is 5.28. The van der Waals surface area contributed by atoms with Crippen LogP contribution >= 0.6 is 11.6 Å². The van der Waals surface area contributed by atoms with Gasteiger partial charge in [0.25, 0.3) is 0 Å². The fraction of sp³-hybridized carbons (Fsp3) is 0.588.